The molecule has 14 nitrogen and oxygen atoms in total. The number of hydrogen-bond donors (Lipinski definition) is 4. The summed E-state index contributed by atoms with van der Waals surface area (Å²) in [6.45, 7) is -0.994. The molecule has 17 heteroatoms. The first-order valence-corrected chi connectivity index (χ1v) is 12.5. The Bertz CT molecular complexity index is 1260. The molecule has 4 N–H and O–H groups in total. The van der Waals surface area contributed by atoms with E-state index in [0.29, 0.717) is 0 Å². The van der Waals surface area contributed by atoms with Gasteiger partial charge in [0.25, 0.3) is 20.2 Å². The van der Waals surface area contributed by atoms with Crippen LogP contribution in [0.4, 0.5) is 0 Å². The van der Waals surface area contributed by atoms with Crippen LogP contribution in [0.15, 0.2) is 46.2 Å². The maximum atomic E-state index is 12.3. The average molecular weight is 570 g/mol. The fourth-order valence-electron chi connectivity index (χ4n) is 2.66. The van der Waals surface area contributed by atoms with Gasteiger partial charge in [-0.3, -0.25) is 8.37 Å². The Morgan fingerprint density at radius 1 is 0.568 bits per heavy atom. The molecule has 2 aromatic rings. The van der Waals surface area contributed by atoms with Gasteiger partial charge >= 0.3 is 53.4 Å². The van der Waals surface area contributed by atoms with Crippen LogP contribution in [0.3, 0.4) is 0 Å². The molecule has 0 unspecified atom stereocenters. The molecule has 0 saturated heterocycles. The maximum Gasteiger partial charge on any atom is 1.00 e. The number of carboxylic acids is 4. The molecule has 0 aliphatic heterocycles. The van der Waals surface area contributed by atoms with E-state index in [-0.39, 0.29) is 43.8 Å². The number of aromatic carboxylic acids is 4. The summed E-state index contributed by atoms with van der Waals surface area (Å²) in [6.07, 6.45) is -0.149. The zero-order valence-corrected chi connectivity index (χ0v) is 22.6. The van der Waals surface area contributed by atoms with Crippen LogP contribution in [0.2, 0.25) is 0 Å². The zero-order valence-electron chi connectivity index (χ0n) is 20.0. The zero-order chi connectivity index (χ0) is 27.3. The van der Waals surface area contributed by atoms with Crippen molar-refractivity contribution in [2.24, 2.45) is 0 Å². The third-order valence-electron chi connectivity index (χ3n) is 4.39. The van der Waals surface area contributed by atoms with Crippen molar-refractivity contribution < 1.29 is 95.8 Å². The third-order valence-corrected chi connectivity index (χ3v) is 6.97. The van der Waals surface area contributed by atoms with Crippen LogP contribution in [0.1, 0.15) is 55.7 Å². The summed E-state index contributed by atoms with van der Waals surface area (Å²) < 4.78 is 58.7. The minimum atomic E-state index is -4.55. The molecular weight excluding hydrogens is 551 g/mol. The van der Waals surface area contributed by atoms with Crippen molar-refractivity contribution in [1.82, 2.24) is 0 Å². The molecule has 0 aromatic heterocycles. The second-order valence-corrected chi connectivity index (χ2v) is 10.2. The van der Waals surface area contributed by atoms with Gasteiger partial charge in [0.2, 0.25) is 0 Å². The predicted molar refractivity (Wildman–Crippen MR) is 117 cm³/mol. The fraction of sp³-hybridized carbons (Fsp3) is 0.200. The standard InChI is InChI=1S/C20H18O14S2.Na.H/c21-17(22)11-5-12(18(23)24)8-15(7-11)35(29,30)33-3-1-2-4-34-36(31,32)16-9-13(19(25)26)6-14(10-16)20(27)28;;/h5-10H,1-4H2,(H,21,22)(H,23,24)(H,25,26)(H,27,28);;/q;+1;-1. The Morgan fingerprint density at radius 3 is 1.03 bits per heavy atom. The molecule has 0 heterocycles. The molecule has 0 aliphatic rings. The summed E-state index contributed by atoms with van der Waals surface area (Å²) in [7, 11) is -9.11. The van der Waals surface area contributed by atoms with Crippen molar-refractivity contribution in [3.63, 3.8) is 0 Å². The van der Waals surface area contributed by atoms with Gasteiger partial charge in [0.1, 0.15) is 0 Å². The van der Waals surface area contributed by atoms with E-state index in [9.17, 15) is 36.0 Å². The second-order valence-electron chi connectivity index (χ2n) is 6.97. The van der Waals surface area contributed by atoms with E-state index in [2.05, 4.69) is 0 Å². The van der Waals surface area contributed by atoms with Gasteiger partial charge in [0.15, 0.2) is 0 Å². The van der Waals surface area contributed by atoms with Crippen molar-refractivity contribution in [2.75, 3.05) is 13.2 Å². The van der Waals surface area contributed by atoms with Crippen LogP contribution in [-0.2, 0) is 28.6 Å². The predicted octanol–water partition coefficient (Wildman–Crippen LogP) is -1.51. The van der Waals surface area contributed by atoms with Crippen molar-refractivity contribution in [3.8, 4) is 0 Å². The molecule has 196 valence electrons. The van der Waals surface area contributed by atoms with E-state index >= 15 is 0 Å². The normalized spacial score (nSPS) is 11.4. The molecule has 0 saturated carbocycles. The monoisotopic (exact) mass is 570 g/mol. The molecule has 0 atom stereocenters. The number of carbonyl (C=O) groups is 4. The third kappa shape index (κ3) is 8.89. The van der Waals surface area contributed by atoms with Crippen LogP contribution in [0.5, 0.6) is 0 Å². The van der Waals surface area contributed by atoms with Crippen LogP contribution in [0, 0.1) is 0 Å². The van der Waals surface area contributed by atoms with Gasteiger partial charge in [-0.1, -0.05) is 0 Å². The van der Waals surface area contributed by atoms with E-state index in [0.717, 1.165) is 36.4 Å². The molecular formula is C20H19NaO14S2. The maximum absolute atomic E-state index is 12.3. The van der Waals surface area contributed by atoms with Crippen molar-refractivity contribution in [1.29, 1.82) is 0 Å². The van der Waals surface area contributed by atoms with Gasteiger partial charge < -0.3 is 21.9 Å². The summed E-state index contributed by atoms with van der Waals surface area (Å²) >= 11 is 0. The largest absolute Gasteiger partial charge is 1.00 e. The Hall–Kier alpha value is -2.86. The van der Waals surface area contributed by atoms with Gasteiger partial charge in [0, 0.05) is 0 Å². The molecule has 37 heavy (non-hydrogen) atoms. The summed E-state index contributed by atoms with van der Waals surface area (Å²) in [5, 5.41) is 36.1. The topological polar surface area (TPSA) is 236 Å². The van der Waals surface area contributed by atoms with Crippen LogP contribution in [0.25, 0.3) is 0 Å². The van der Waals surface area contributed by atoms with Gasteiger partial charge in [-0.25, -0.2) is 19.2 Å². The Balaban J connectivity index is 0.00000684. The molecule has 0 bridgehead atoms. The van der Waals surface area contributed by atoms with Crippen molar-refractivity contribution >= 4 is 44.1 Å². The first-order chi connectivity index (χ1) is 16.6. The smallest absolute Gasteiger partial charge is 1.00 e. The van der Waals surface area contributed by atoms with E-state index in [1.54, 1.807) is 0 Å². The Morgan fingerprint density at radius 2 is 0.811 bits per heavy atom. The van der Waals surface area contributed by atoms with Gasteiger partial charge in [0.05, 0.1) is 45.3 Å². The van der Waals surface area contributed by atoms with Crippen LogP contribution in [-0.4, -0.2) is 74.4 Å². The van der Waals surface area contributed by atoms with Crippen LogP contribution >= 0.6 is 0 Å². The molecule has 0 fully saturated rings. The molecule has 2 rings (SSSR count). The van der Waals surface area contributed by atoms with Crippen molar-refractivity contribution in [2.45, 2.75) is 22.6 Å². The van der Waals surface area contributed by atoms with E-state index < -0.39 is 89.4 Å². The van der Waals surface area contributed by atoms with E-state index in [1.165, 1.54) is 0 Å². The summed E-state index contributed by atoms with van der Waals surface area (Å²) in [4.78, 5) is 43.1. The molecule has 2 aromatic carbocycles. The number of rotatable bonds is 13. The molecule has 0 amide bonds. The second kappa shape index (κ2) is 13.1. The SMILES string of the molecule is O=C(O)c1cc(C(=O)O)cc(S(=O)(=O)OCCCCOS(=O)(=O)c2cc(C(=O)O)cc(C(=O)O)c2)c1.[H-].[Na+]. The molecule has 0 aliphatic carbocycles. The fourth-order valence-corrected chi connectivity index (χ4v) is 4.69. The summed E-state index contributed by atoms with van der Waals surface area (Å²) in [5.74, 6) is -6.23. The average Bonchev–Trinajstić information content (AvgIpc) is 2.80. The summed E-state index contributed by atoms with van der Waals surface area (Å²) in [5.41, 5.74) is -2.36. The van der Waals surface area contributed by atoms with Crippen molar-refractivity contribution in [3.05, 3.63) is 58.7 Å². The molecule has 0 spiro atoms. The Labute approximate surface area is 233 Å². The number of hydrogen-bond acceptors (Lipinski definition) is 10. The van der Waals surface area contributed by atoms with Gasteiger partial charge in [-0.05, 0) is 49.2 Å². The Kier molecular flexibility index (Phi) is 11.4. The van der Waals surface area contributed by atoms with Gasteiger partial charge in [-0.2, -0.15) is 16.8 Å². The first-order valence-electron chi connectivity index (χ1n) is 9.66. The first kappa shape index (κ1) is 32.2. The number of benzene rings is 2. The summed E-state index contributed by atoms with van der Waals surface area (Å²) in [6, 6.07) is 4.42. The quantitative estimate of drug-likeness (QED) is 0.122. The minimum absolute atomic E-state index is 0. The van der Waals surface area contributed by atoms with Crippen LogP contribution < -0.4 is 29.6 Å². The number of unbranched alkanes of at least 4 members (excludes halogenated alkanes) is 1. The number of carboxylic acid groups (broad SMARTS) is 4. The molecule has 0 radical (unpaired) electrons. The minimum Gasteiger partial charge on any atom is -1.00 e. The van der Waals surface area contributed by atoms with E-state index in [1.807, 2.05) is 0 Å². The van der Waals surface area contributed by atoms with E-state index in [4.69, 9.17) is 28.8 Å². The van der Waals surface area contributed by atoms with Gasteiger partial charge in [-0.15, -0.1) is 0 Å².